The van der Waals surface area contributed by atoms with E-state index in [1.54, 1.807) is 37.1 Å². The summed E-state index contributed by atoms with van der Waals surface area (Å²) in [5, 5.41) is 6.96. The van der Waals surface area contributed by atoms with Gasteiger partial charge in [-0.3, -0.25) is 14.3 Å². The number of aromatic nitrogens is 2. The molecule has 2 rings (SSSR count). The Morgan fingerprint density at radius 3 is 2.70 bits per heavy atom. The van der Waals surface area contributed by atoms with Crippen LogP contribution in [0.2, 0.25) is 0 Å². The number of nitrogens with zero attached hydrogens (tertiary/aromatic N) is 4. The molecule has 23 heavy (non-hydrogen) atoms. The van der Waals surface area contributed by atoms with Crippen LogP contribution in [-0.4, -0.2) is 71.2 Å². The third kappa shape index (κ3) is 5.35. The standard InChI is InChI=1S/C16H27N5O2/c1-14(21-11-6-7-18-21)16(23)19(2)13-15(22)17-8-12-20-9-4-3-5-10-20/h6-7,11,14H,3-5,8-10,12-13H2,1-2H3,(H,17,22). The summed E-state index contributed by atoms with van der Waals surface area (Å²) in [6.07, 6.45) is 7.18. The molecule has 0 aliphatic carbocycles. The molecule has 7 nitrogen and oxygen atoms in total. The summed E-state index contributed by atoms with van der Waals surface area (Å²) >= 11 is 0. The van der Waals surface area contributed by atoms with Crippen molar-refractivity contribution in [3.05, 3.63) is 18.5 Å². The van der Waals surface area contributed by atoms with Gasteiger partial charge in [-0.15, -0.1) is 0 Å². The Morgan fingerprint density at radius 2 is 2.04 bits per heavy atom. The highest BCUT2D eigenvalue weighted by Gasteiger charge is 2.21. The molecule has 1 aromatic rings. The number of rotatable bonds is 7. The number of nitrogens with one attached hydrogen (secondary N) is 1. The first kappa shape index (κ1) is 17.5. The lowest BCUT2D eigenvalue weighted by Gasteiger charge is -2.26. The van der Waals surface area contributed by atoms with Crippen LogP contribution in [0.4, 0.5) is 0 Å². The highest BCUT2D eigenvalue weighted by molar-refractivity contribution is 5.86. The monoisotopic (exact) mass is 321 g/mol. The van der Waals surface area contributed by atoms with Crippen LogP contribution < -0.4 is 5.32 Å². The minimum atomic E-state index is -0.406. The van der Waals surface area contributed by atoms with Gasteiger partial charge in [0.25, 0.3) is 0 Å². The van der Waals surface area contributed by atoms with Gasteiger partial charge in [0, 0.05) is 32.5 Å². The Hall–Kier alpha value is -1.89. The maximum Gasteiger partial charge on any atom is 0.247 e. The Labute approximate surface area is 137 Å². The maximum atomic E-state index is 12.3. The highest BCUT2D eigenvalue weighted by atomic mass is 16.2. The van der Waals surface area contributed by atoms with Gasteiger partial charge in [-0.25, -0.2) is 0 Å². The van der Waals surface area contributed by atoms with E-state index >= 15 is 0 Å². The summed E-state index contributed by atoms with van der Waals surface area (Å²) in [4.78, 5) is 28.1. The number of carbonyl (C=O) groups excluding carboxylic acids is 2. The topological polar surface area (TPSA) is 70.5 Å². The molecule has 0 radical (unpaired) electrons. The first-order valence-corrected chi connectivity index (χ1v) is 8.31. The third-order valence-corrected chi connectivity index (χ3v) is 4.23. The van der Waals surface area contributed by atoms with Crippen molar-refractivity contribution in [2.24, 2.45) is 0 Å². The van der Waals surface area contributed by atoms with Crippen LogP contribution in [-0.2, 0) is 9.59 Å². The van der Waals surface area contributed by atoms with Crippen LogP contribution in [0, 0.1) is 0 Å². The SMILES string of the molecule is CC(C(=O)N(C)CC(=O)NCCN1CCCCC1)n1cccn1. The second kappa shape index (κ2) is 8.67. The summed E-state index contributed by atoms with van der Waals surface area (Å²) < 4.78 is 1.59. The van der Waals surface area contributed by atoms with E-state index in [2.05, 4.69) is 15.3 Å². The molecule has 7 heteroatoms. The number of carbonyl (C=O) groups is 2. The van der Waals surface area contributed by atoms with Gasteiger partial charge in [-0.1, -0.05) is 6.42 Å². The van der Waals surface area contributed by atoms with Gasteiger partial charge in [0.05, 0.1) is 6.54 Å². The van der Waals surface area contributed by atoms with E-state index in [1.165, 1.54) is 24.2 Å². The molecule has 1 aliphatic heterocycles. The van der Waals surface area contributed by atoms with Crippen LogP contribution in [0.15, 0.2) is 18.5 Å². The van der Waals surface area contributed by atoms with Crippen molar-refractivity contribution in [1.29, 1.82) is 0 Å². The van der Waals surface area contributed by atoms with E-state index in [0.717, 1.165) is 19.6 Å². The zero-order valence-electron chi connectivity index (χ0n) is 14.1. The zero-order chi connectivity index (χ0) is 16.7. The average Bonchev–Trinajstić information content (AvgIpc) is 3.08. The quantitative estimate of drug-likeness (QED) is 0.794. The van der Waals surface area contributed by atoms with Crippen LogP contribution in [0.5, 0.6) is 0 Å². The third-order valence-electron chi connectivity index (χ3n) is 4.23. The fourth-order valence-electron chi connectivity index (χ4n) is 2.83. The average molecular weight is 321 g/mol. The Bertz CT molecular complexity index is 497. The Balaban J connectivity index is 1.68. The lowest BCUT2D eigenvalue weighted by molar-refractivity contribution is -0.137. The number of likely N-dealkylation sites (tertiary alicyclic amines) is 1. The van der Waals surface area contributed by atoms with Gasteiger partial charge in [0.1, 0.15) is 6.04 Å². The van der Waals surface area contributed by atoms with E-state index in [0.29, 0.717) is 6.54 Å². The number of hydrogen-bond donors (Lipinski definition) is 1. The summed E-state index contributed by atoms with van der Waals surface area (Å²) in [5.41, 5.74) is 0. The van der Waals surface area contributed by atoms with Crippen LogP contribution in [0.1, 0.15) is 32.2 Å². The molecule has 0 spiro atoms. The Morgan fingerprint density at radius 1 is 1.30 bits per heavy atom. The van der Waals surface area contributed by atoms with Crippen molar-refractivity contribution in [1.82, 2.24) is 24.9 Å². The number of likely N-dealkylation sites (N-methyl/N-ethyl adjacent to an activating group) is 1. The summed E-state index contributed by atoms with van der Waals surface area (Å²) in [6.45, 7) is 5.61. The number of piperidine rings is 1. The molecular weight excluding hydrogens is 294 g/mol. The van der Waals surface area contributed by atoms with Crippen LogP contribution in [0.3, 0.4) is 0 Å². The minimum Gasteiger partial charge on any atom is -0.353 e. The maximum absolute atomic E-state index is 12.3. The highest BCUT2D eigenvalue weighted by Crippen LogP contribution is 2.08. The van der Waals surface area contributed by atoms with E-state index in [4.69, 9.17) is 0 Å². The van der Waals surface area contributed by atoms with Crippen molar-refractivity contribution >= 4 is 11.8 Å². The second-order valence-electron chi connectivity index (χ2n) is 6.11. The first-order valence-electron chi connectivity index (χ1n) is 8.31. The van der Waals surface area contributed by atoms with E-state index in [1.807, 2.05) is 0 Å². The fourth-order valence-corrected chi connectivity index (χ4v) is 2.83. The first-order chi connectivity index (χ1) is 11.1. The molecule has 0 aromatic carbocycles. The summed E-state index contributed by atoms with van der Waals surface area (Å²) in [5.74, 6) is -0.245. The van der Waals surface area contributed by atoms with Crippen LogP contribution >= 0.6 is 0 Å². The van der Waals surface area contributed by atoms with Gasteiger partial charge >= 0.3 is 0 Å². The molecule has 1 aliphatic rings. The van der Waals surface area contributed by atoms with Crippen molar-refractivity contribution in [3.8, 4) is 0 Å². The summed E-state index contributed by atoms with van der Waals surface area (Å²) in [7, 11) is 1.65. The zero-order valence-corrected chi connectivity index (χ0v) is 14.1. The van der Waals surface area contributed by atoms with Gasteiger partial charge in [-0.2, -0.15) is 5.10 Å². The second-order valence-corrected chi connectivity index (χ2v) is 6.11. The lowest BCUT2D eigenvalue weighted by atomic mass is 10.1. The molecule has 128 valence electrons. The molecule has 1 fully saturated rings. The van der Waals surface area contributed by atoms with Crippen molar-refractivity contribution in [3.63, 3.8) is 0 Å². The van der Waals surface area contributed by atoms with Crippen molar-refractivity contribution in [2.75, 3.05) is 39.8 Å². The molecule has 2 heterocycles. The minimum absolute atomic E-state index is 0.0739. The molecule has 1 aromatic heterocycles. The molecule has 0 bridgehead atoms. The molecule has 1 saturated heterocycles. The van der Waals surface area contributed by atoms with Gasteiger partial charge in [0.15, 0.2) is 0 Å². The molecule has 1 N–H and O–H groups in total. The fraction of sp³-hybridized carbons (Fsp3) is 0.688. The number of amides is 2. The van der Waals surface area contributed by atoms with Gasteiger partial charge < -0.3 is 15.1 Å². The lowest BCUT2D eigenvalue weighted by Crippen LogP contribution is -2.43. The molecule has 1 atom stereocenters. The molecule has 0 saturated carbocycles. The van der Waals surface area contributed by atoms with E-state index in [-0.39, 0.29) is 18.4 Å². The van der Waals surface area contributed by atoms with E-state index in [9.17, 15) is 9.59 Å². The van der Waals surface area contributed by atoms with Crippen molar-refractivity contribution < 1.29 is 9.59 Å². The molecular formula is C16H27N5O2. The molecule has 2 amide bonds. The number of hydrogen-bond acceptors (Lipinski definition) is 4. The van der Waals surface area contributed by atoms with E-state index < -0.39 is 6.04 Å². The normalized spacial score (nSPS) is 16.8. The van der Waals surface area contributed by atoms with Crippen LogP contribution in [0.25, 0.3) is 0 Å². The van der Waals surface area contributed by atoms with Gasteiger partial charge in [0.2, 0.25) is 11.8 Å². The van der Waals surface area contributed by atoms with Gasteiger partial charge in [-0.05, 0) is 38.9 Å². The predicted octanol–water partition coefficient (Wildman–Crippen LogP) is 0.505. The molecule has 1 unspecified atom stereocenters. The smallest absolute Gasteiger partial charge is 0.247 e. The largest absolute Gasteiger partial charge is 0.353 e. The summed E-state index contributed by atoms with van der Waals surface area (Å²) in [6, 6.07) is 1.37. The van der Waals surface area contributed by atoms with Crippen molar-refractivity contribution in [2.45, 2.75) is 32.2 Å². The predicted molar refractivity (Wildman–Crippen MR) is 87.9 cm³/mol. The Kier molecular flexibility index (Phi) is 6.58.